The lowest BCUT2D eigenvalue weighted by atomic mass is 9.90. The smallest absolute Gasteiger partial charge is 0.243 e. The topological polar surface area (TPSA) is 112 Å². The number of nitrogens with zero attached hydrogens (tertiary/aromatic N) is 3. The Morgan fingerprint density at radius 1 is 1.08 bits per heavy atom. The van der Waals surface area contributed by atoms with E-state index in [4.69, 9.17) is 10.5 Å². The third-order valence-electron chi connectivity index (χ3n) is 7.91. The second kappa shape index (κ2) is 12.9. The molecule has 2 fully saturated rings. The first-order valence-corrected chi connectivity index (χ1v) is 13.6. The number of amides is 2. The summed E-state index contributed by atoms with van der Waals surface area (Å²) in [4.78, 5) is 30.1. The number of carbonyl (C=O) groups excluding carboxylic acids is 2. The van der Waals surface area contributed by atoms with Gasteiger partial charge in [-0.3, -0.25) is 14.5 Å². The van der Waals surface area contributed by atoms with Crippen LogP contribution in [0.2, 0.25) is 0 Å². The molecule has 2 atom stereocenters. The molecule has 0 spiro atoms. The van der Waals surface area contributed by atoms with Gasteiger partial charge in [-0.25, -0.2) is 0 Å². The molecule has 1 aliphatic carbocycles. The number of nitriles is 1. The summed E-state index contributed by atoms with van der Waals surface area (Å²) in [6, 6.07) is 17.8. The van der Waals surface area contributed by atoms with Crippen LogP contribution < -0.4 is 15.8 Å². The van der Waals surface area contributed by atoms with Gasteiger partial charge in [-0.15, -0.1) is 0 Å². The monoisotopic (exact) mass is 517 g/mol. The average Bonchev–Trinajstić information content (AvgIpc) is 2.94. The lowest BCUT2D eigenvalue weighted by molar-refractivity contribution is -0.142. The number of piperidine rings is 1. The van der Waals surface area contributed by atoms with Gasteiger partial charge in [0.1, 0.15) is 11.8 Å². The minimum absolute atomic E-state index is 0.0647. The Kier molecular flexibility index (Phi) is 9.38. The average molecular weight is 518 g/mol. The van der Waals surface area contributed by atoms with E-state index in [1.165, 1.54) is 0 Å². The van der Waals surface area contributed by atoms with Crippen LogP contribution in [-0.4, -0.2) is 59.4 Å². The van der Waals surface area contributed by atoms with Gasteiger partial charge < -0.3 is 20.7 Å². The molecule has 2 aliphatic rings. The number of hydrogen-bond donors (Lipinski definition) is 2. The van der Waals surface area contributed by atoms with Crippen molar-refractivity contribution < 1.29 is 14.3 Å². The van der Waals surface area contributed by atoms with Crippen molar-refractivity contribution in [2.75, 3.05) is 13.7 Å². The molecule has 0 aromatic heterocycles. The van der Waals surface area contributed by atoms with Gasteiger partial charge >= 0.3 is 0 Å². The van der Waals surface area contributed by atoms with Gasteiger partial charge in [-0.1, -0.05) is 24.3 Å². The number of nitrogens with two attached hydrogens (primary N) is 1. The molecule has 1 saturated heterocycles. The normalized spacial score (nSPS) is 23.5. The van der Waals surface area contributed by atoms with Gasteiger partial charge in [0.2, 0.25) is 11.8 Å². The van der Waals surface area contributed by atoms with E-state index in [2.05, 4.69) is 22.4 Å². The fraction of sp³-hybridized carbons (Fsp3) is 0.500. The number of likely N-dealkylation sites (tertiary alicyclic amines) is 1. The first-order chi connectivity index (χ1) is 18.4. The molecule has 8 nitrogen and oxygen atoms in total. The Hall–Kier alpha value is -3.41. The number of carbonyl (C=O) groups is 2. The van der Waals surface area contributed by atoms with Crippen molar-refractivity contribution in [3.8, 4) is 11.8 Å². The molecule has 2 aromatic carbocycles. The van der Waals surface area contributed by atoms with Crippen molar-refractivity contribution in [3.63, 3.8) is 0 Å². The molecular weight excluding hydrogens is 478 g/mol. The molecule has 202 valence electrons. The minimum atomic E-state index is -0.504. The number of methoxy groups -OCH3 is 1. The molecule has 8 heteroatoms. The Balaban J connectivity index is 1.54. The number of ether oxygens (including phenoxy) is 1. The van der Waals surface area contributed by atoms with Crippen LogP contribution in [0.1, 0.15) is 62.1 Å². The molecule has 1 heterocycles. The summed E-state index contributed by atoms with van der Waals surface area (Å²) in [5, 5.41) is 12.4. The SMILES string of the molecule is COc1cccc(CN(Cc2ccc(C#N)cc2)C2CCN(C(C)=O)[C@@H](C(=O)NC3CCC(N)CC3)C2)c1. The largest absolute Gasteiger partial charge is 0.497 e. The van der Waals surface area contributed by atoms with Crippen molar-refractivity contribution in [2.24, 2.45) is 5.73 Å². The quantitative estimate of drug-likeness (QED) is 0.556. The molecule has 0 bridgehead atoms. The summed E-state index contributed by atoms with van der Waals surface area (Å²) in [6.45, 7) is 3.43. The van der Waals surface area contributed by atoms with Gasteiger partial charge in [0.05, 0.1) is 18.7 Å². The van der Waals surface area contributed by atoms with Crippen LogP contribution >= 0.6 is 0 Å². The maximum absolute atomic E-state index is 13.5. The highest BCUT2D eigenvalue weighted by Crippen LogP contribution is 2.27. The summed E-state index contributed by atoms with van der Waals surface area (Å²) in [5.41, 5.74) is 8.89. The van der Waals surface area contributed by atoms with Gasteiger partial charge in [0, 0.05) is 44.7 Å². The molecule has 4 rings (SSSR count). The van der Waals surface area contributed by atoms with E-state index in [-0.39, 0.29) is 29.9 Å². The van der Waals surface area contributed by atoms with Crippen molar-refractivity contribution in [3.05, 3.63) is 65.2 Å². The zero-order valence-corrected chi connectivity index (χ0v) is 22.4. The second-order valence-electron chi connectivity index (χ2n) is 10.6. The molecule has 38 heavy (non-hydrogen) atoms. The first kappa shape index (κ1) is 27.6. The van der Waals surface area contributed by atoms with Gasteiger partial charge in [-0.2, -0.15) is 5.26 Å². The minimum Gasteiger partial charge on any atom is -0.497 e. The van der Waals surface area contributed by atoms with Crippen LogP contribution in [-0.2, 0) is 22.7 Å². The van der Waals surface area contributed by atoms with Crippen LogP contribution in [0.4, 0.5) is 0 Å². The molecule has 1 unspecified atom stereocenters. The number of rotatable bonds is 8. The van der Waals surface area contributed by atoms with Gasteiger partial charge in [-0.05, 0) is 73.9 Å². The Bertz CT molecular complexity index is 1140. The lowest BCUT2D eigenvalue weighted by Gasteiger charge is -2.43. The summed E-state index contributed by atoms with van der Waals surface area (Å²) >= 11 is 0. The number of nitrogens with one attached hydrogen (secondary N) is 1. The number of hydrogen-bond acceptors (Lipinski definition) is 6. The molecule has 0 radical (unpaired) electrons. The predicted octanol–water partition coefficient (Wildman–Crippen LogP) is 3.33. The Morgan fingerprint density at radius 2 is 1.79 bits per heavy atom. The van der Waals surface area contributed by atoms with Crippen molar-refractivity contribution in [2.45, 2.75) is 82.7 Å². The zero-order valence-electron chi connectivity index (χ0n) is 22.4. The highest BCUT2D eigenvalue weighted by atomic mass is 16.5. The summed E-state index contributed by atoms with van der Waals surface area (Å²) < 4.78 is 5.44. The zero-order chi connectivity index (χ0) is 27.1. The van der Waals surface area contributed by atoms with E-state index in [0.29, 0.717) is 31.6 Å². The maximum atomic E-state index is 13.5. The van der Waals surface area contributed by atoms with Crippen molar-refractivity contribution in [1.29, 1.82) is 5.26 Å². The first-order valence-electron chi connectivity index (χ1n) is 13.6. The molecule has 2 amide bonds. The molecule has 1 aliphatic heterocycles. The fourth-order valence-corrected chi connectivity index (χ4v) is 5.70. The summed E-state index contributed by atoms with van der Waals surface area (Å²) in [6.07, 6.45) is 4.93. The lowest BCUT2D eigenvalue weighted by Crippen LogP contribution is -2.58. The highest BCUT2D eigenvalue weighted by molar-refractivity contribution is 5.87. The van der Waals surface area contributed by atoms with E-state index in [1.54, 1.807) is 18.9 Å². The van der Waals surface area contributed by atoms with Crippen LogP contribution in [0.15, 0.2) is 48.5 Å². The fourth-order valence-electron chi connectivity index (χ4n) is 5.70. The molecular formula is C30H39N5O3. The van der Waals surface area contributed by atoms with Crippen molar-refractivity contribution >= 4 is 11.8 Å². The highest BCUT2D eigenvalue weighted by Gasteiger charge is 2.38. The second-order valence-corrected chi connectivity index (χ2v) is 10.6. The van der Waals surface area contributed by atoms with Gasteiger partial charge in [0.15, 0.2) is 0 Å². The van der Waals surface area contributed by atoms with E-state index in [0.717, 1.165) is 49.0 Å². The maximum Gasteiger partial charge on any atom is 0.243 e. The molecule has 3 N–H and O–H groups in total. The van der Waals surface area contributed by atoms with Crippen LogP contribution in [0, 0.1) is 11.3 Å². The van der Waals surface area contributed by atoms with Crippen LogP contribution in [0.5, 0.6) is 5.75 Å². The van der Waals surface area contributed by atoms with Crippen molar-refractivity contribution in [1.82, 2.24) is 15.1 Å². The van der Waals surface area contributed by atoms with Crippen LogP contribution in [0.3, 0.4) is 0 Å². The number of benzene rings is 2. The Labute approximate surface area is 225 Å². The third-order valence-corrected chi connectivity index (χ3v) is 7.91. The Morgan fingerprint density at radius 3 is 2.45 bits per heavy atom. The van der Waals surface area contributed by atoms with Gasteiger partial charge in [0.25, 0.3) is 0 Å². The van der Waals surface area contributed by atoms with E-state index in [1.807, 2.05) is 42.5 Å². The molecule has 1 saturated carbocycles. The van der Waals surface area contributed by atoms with E-state index in [9.17, 15) is 14.9 Å². The molecule has 2 aromatic rings. The summed E-state index contributed by atoms with van der Waals surface area (Å²) in [7, 11) is 1.66. The summed E-state index contributed by atoms with van der Waals surface area (Å²) in [5.74, 6) is 0.669. The predicted molar refractivity (Wildman–Crippen MR) is 146 cm³/mol. The van der Waals surface area contributed by atoms with Crippen LogP contribution in [0.25, 0.3) is 0 Å². The van der Waals surface area contributed by atoms with E-state index >= 15 is 0 Å². The third kappa shape index (κ3) is 7.12. The van der Waals surface area contributed by atoms with E-state index < -0.39 is 6.04 Å². The standard InChI is InChI=1S/C30H39N5O3/c1-21(36)35-15-14-27(17-29(35)30(37)33-26-12-10-25(32)11-13-26)34(19-23-8-6-22(18-31)7-9-23)20-24-4-3-5-28(16-24)38-2/h3-9,16,25-27,29H,10-15,17,19-20,32H2,1-2H3,(H,33,37)/t25?,26?,27?,29-/m1/s1.